The van der Waals surface area contributed by atoms with Gasteiger partial charge in [-0.15, -0.1) is 0 Å². The zero-order chi connectivity index (χ0) is 9.97. The van der Waals surface area contributed by atoms with Gasteiger partial charge in [0, 0.05) is 5.92 Å². The number of aldehydes is 1. The molecule has 0 aliphatic heterocycles. The van der Waals surface area contributed by atoms with Crippen LogP contribution < -0.4 is 4.74 Å². The molecule has 2 nitrogen and oxygen atoms in total. The van der Waals surface area contributed by atoms with Crippen molar-refractivity contribution in [2.24, 2.45) is 5.92 Å². The maximum absolute atomic E-state index is 10.5. The van der Waals surface area contributed by atoms with Gasteiger partial charge >= 0.3 is 0 Å². The van der Waals surface area contributed by atoms with Crippen molar-refractivity contribution in [1.82, 2.24) is 0 Å². The lowest BCUT2D eigenvalue weighted by atomic mass is 10.1. The predicted molar refractivity (Wildman–Crippen MR) is 54.5 cm³/mol. The van der Waals surface area contributed by atoms with Crippen LogP contribution in [0.3, 0.4) is 0 Å². The molecule has 0 unspecified atom stereocenters. The first-order chi connectivity index (χ1) is 6.85. The third-order valence-corrected chi connectivity index (χ3v) is 2.63. The highest BCUT2D eigenvalue weighted by Crippen LogP contribution is 2.46. The number of hydrogen-bond acceptors (Lipinski definition) is 2. The van der Waals surface area contributed by atoms with E-state index in [1.165, 1.54) is 5.56 Å². The second-order valence-electron chi connectivity index (χ2n) is 3.64. The van der Waals surface area contributed by atoms with Crippen LogP contribution in [0.2, 0.25) is 0 Å². The van der Waals surface area contributed by atoms with Crippen molar-refractivity contribution in [1.29, 1.82) is 0 Å². The van der Waals surface area contributed by atoms with Gasteiger partial charge in [-0.2, -0.15) is 0 Å². The van der Waals surface area contributed by atoms with Crippen LogP contribution in [-0.2, 0) is 4.79 Å². The van der Waals surface area contributed by atoms with Crippen molar-refractivity contribution in [2.45, 2.75) is 19.3 Å². The zero-order valence-electron chi connectivity index (χ0n) is 8.27. The molecular formula is C12H14O2. The van der Waals surface area contributed by atoms with Gasteiger partial charge in [0.2, 0.25) is 0 Å². The zero-order valence-corrected chi connectivity index (χ0v) is 8.27. The number of ether oxygens (including phenoxy) is 1. The van der Waals surface area contributed by atoms with Gasteiger partial charge in [-0.05, 0) is 37.0 Å². The molecule has 1 fully saturated rings. The summed E-state index contributed by atoms with van der Waals surface area (Å²) in [5.41, 5.74) is 1.26. The molecule has 0 radical (unpaired) electrons. The van der Waals surface area contributed by atoms with Crippen LogP contribution in [0.4, 0.5) is 0 Å². The van der Waals surface area contributed by atoms with Gasteiger partial charge in [0.15, 0.2) is 0 Å². The van der Waals surface area contributed by atoms with E-state index in [9.17, 15) is 4.79 Å². The first-order valence-corrected chi connectivity index (χ1v) is 5.03. The minimum atomic E-state index is 0.257. The molecule has 0 amide bonds. The second kappa shape index (κ2) is 3.82. The van der Waals surface area contributed by atoms with Gasteiger partial charge in [0.25, 0.3) is 0 Å². The average molecular weight is 190 g/mol. The molecular weight excluding hydrogens is 176 g/mol. The largest absolute Gasteiger partial charge is 0.494 e. The molecule has 2 heteroatoms. The number of carbonyl (C=O) groups is 1. The minimum absolute atomic E-state index is 0.257. The van der Waals surface area contributed by atoms with E-state index in [4.69, 9.17) is 4.74 Å². The van der Waals surface area contributed by atoms with E-state index < -0.39 is 0 Å². The minimum Gasteiger partial charge on any atom is -0.494 e. The Hall–Kier alpha value is -1.31. The Bertz CT molecular complexity index is 316. The lowest BCUT2D eigenvalue weighted by Gasteiger charge is -2.03. The Labute approximate surface area is 83.9 Å². The van der Waals surface area contributed by atoms with Crippen molar-refractivity contribution in [3.8, 4) is 5.75 Å². The van der Waals surface area contributed by atoms with E-state index in [1.54, 1.807) is 0 Å². The van der Waals surface area contributed by atoms with Crippen molar-refractivity contribution >= 4 is 6.29 Å². The summed E-state index contributed by atoms with van der Waals surface area (Å²) in [5, 5.41) is 0. The maximum atomic E-state index is 10.5. The molecule has 0 saturated heterocycles. The van der Waals surface area contributed by atoms with Gasteiger partial charge in [0.1, 0.15) is 12.0 Å². The topological polar surface area (TPSA) is 26.3 Å². The summed E-state index contributed by atoms with van der Waals surface area (Å²) < 4.78 is 5.34. The standard InChI is InChI=1S/C12H14O2/c1-2-14-11-5-3-9(4-6-11)12-7-10(12)8-13/h3-6,8,10,12H,2,7H2,1H3/t10-,12-/m0/s1. The summed E-state index contributed by atoms with van der Waals surface area (Å²) in [4.78, 5) is 10.5. The Morgan fingerprint density at radius 3 is 2.64 bits per heavy atom. The predicted octanol–water partition coefficient (Wildman–Crippen LogP) is 2.39. The van der Waals surface area contributed by atoms with E-state index in [2.05, 4.69) is 12.1 Å². The van der Waals surface area contributed by atoms with E-state index in [1.807, 2.05) is 19.1 Å². The molecule has 0 heterocycles. The summed E-state index contributed by atoms with van der Waals surface area (Å²) >= 11 is 0. The highest BCUT2D eigenvalue weighted by molar-refractivity contribution is 5.61. The normalized spacial score (nSPS) is 24.4. The highest BCUT2D eigenvalue weighted by Gasteiger charge is 2.37. The molecule has 2 atom stereocenters. The number of carbonyl (C=O) groups excluding carboxylic acids is 1. The fourth-order valence-electron chi connectivity index (χ4n) is 1.73. The van der Waals surface area contributed by atoms with Crippen LogP contribution in [0.15, 0.2) is 24.3 Å². The summed E-state index contributed by atoms with van der Waals surface area (Å²) in [7, 11) is 0. The van der Waals surface area contributed by atoms with Gasteiger partial charge in [0.05, 0.1) is 6.61 Å². The molecule has 1 saturated carbocycles. The smallest absolute Gasteiger partial charge is 0.123 e. The first kappa shape index (κ1) is 9.25. The third kappa shape index (κ3) is 1.79. The monoisotopic (exact) mass is 190 g/mol. The van der Waals surface area contributed by atoms with Crippen molar-refractivity contribution < 1.29 is 9.53 Å². The molecule has 0 N–H and O–H groups in total. The van der Waals surface area contributed by atoms with Crippen LogP contribution in [0, 0.1) is 5.92 Å². The Morgan fingerprint density at radius 2 is 2.14 bits per heavy atom. The molecule has 74 valence electrons. The molecule has 1 aliphatic rings. The summed E-state index contributed by atoms with van der Waals surface area (Å²) in [6, 6.07) is 8.05. The van der Waals surface area contributed by atoms with Crippen molar-refractivity contribution in [3.63, 3.8) is 0 Å². The molecule has 0 bridgehead atoms. The van der Waals surface area contributed by atoms with E-state index in [0.29, 0.717) is 12.5 Å². The molecule has 1 aromatic rings. The maximum Gasteiger partial charge on any atom is 0.123 e. The van der Waals surface area contributed by atoms with Gasteiger partial charge in [-0.3, -0.25) is 0 Å². The fourth-order valence-corrected chi connectivity index (χ4v) is 1.73. The third-order valence-electron chi connectivity index (χ3n) is 2.63. The van der Waals surface area contributed by atoms with E-state index >= 15 is 0 Å². The number of rotatable bonds is 4. The van der Waals surface area contributed by atoms with Crippen molar-refractivity contribution in [2.75, 3.05) is 6.61 Å². The summed E-state index contributed by atoms with van der Waals surface area (Å²) in [6.45, 7) is 2.66. The van der Waals surface area contributed by atoms with E-state index in [-0.39, 0.29) is 5.92 Å². The van der Waals surface area contributed by atoms with Gasteiger partial charge in [-0.25, -0.2) is 0 Å². The Kier molecular flexibility index (Phi) is 2.53. The van der Waals surface area contributed by atoms with Crippen LogP contribution in [0.25, 0.3) is 0 Å². The number of benzene rings is 1. The first-order valence-electron chi connectivity index (χ1n) is 5.03. The second-order valence-corrected chi connectivity index (χ2v) is 3.64. The van der Waals surface area contributed by atoms with Crippen LogP contribution >= 0.6 is 0 Å². The summed E-state index contributed by atoms with van der Waals surface area (Å²) in [6.07, 6.45) is 2.07. The molecule has 0 spiro atoms. The van der Waals surface area contributed by atoms with Gasteiger partial charge in [-0.1, -0.05) is 12.1 Å². The molecule has 2 rings (SSSR count). The number of hydrogen-bond donors (Lipinski definition) is 0. The van der Waals surface area contributed by atoms with Gasteiger partial charge < -0.3 is 9.53 Å². The highest BCUT2D eigenvalue weighted by atomic mass is 16.5. The Balaban J connectivity index is 2.04. The lowest BCUT2D eigenvalue weighted by Crippen LogP contribution is -1.91. The Morgan fingerprint density at radius 1 is 1.43 bits per heavy atom. The average Bonchev–Trinajstić information content (AvgIpc) is 2.99. The SMILES string of the molecule is CCOc1ccc([C@@H]2C[C@H]2C=O)cc1. The summed E-state index contributed by atoms with van der Waals surface area (Å²) in [5.74, 6) is 1.62. The van der Waals surface area contributed by atoms with Crippen LogP contribution in [0.5, 0.6) is 5.75 Å². The quantitative estimate of drug-likeness (QED) is 0.681. The van der Waals surface area contributed by atoms with Crippen molar-refractivity contribution in [3.05, 3.63) is 29.8 Å². The van der Waals surface area contributed by atoms with E-state index in [0.717, 1.165) is 18.5 Å². The van der Waals surface area contributed by atoms with Crippen LogP contribution in [0.1, 0.15) is 24.8 Å². The lowest BCUT2D eigenvalue weighted by molar-refractivity contribution is -0.108. The molecule has 1 aromatic carbocycles. The molecule has 0 aromatic heterocycles. The fraction of sp³-hybridized carbons (Fsp3) is 0.417. The molecule has 14 heavy (non-hydrogen) atoms. The van der Waals surface area contributed by atoms with Crippen LogP contribution in [-0.4, -0.2) is 12.9 Å². The molecule has 1 aliphatic carbocycles.